The second-order valence-corrected chi connectivity index (χ2v) is 6.28. The van der Waals surface area contributed by atoms with E-state index in [1.807, 2.05) is 0 Å². The number of nitrogens with zero attached hydrogens (tertiary/aromatic N) is 1. The zero-order valence-corrected chi connectivity index (χ0v) is 11.5. The lowest BCUT2D eigenvalue weighted by molar-refractivity contribution is -0.101. The summed E-state index contributed by atoms with van der Waals surface area (Å²) in [4.78, 5) is 2.68. The first-order chi connectivity index (χ1) is 8.92. The van der Waals surface area contributed by atoms with Gasteiger partial charge in [0.1, 0.15) is 0 Å². The molecule has 0 radical (unpaired) electrons. The van der Waals surface area contributed by atoms with Crippen molar-refractivity contribution in [1.29, 1.82) is 0 Å². The molecule has 3 fully saturated rings. The molecule has 104 valence electrons. The van der Waals surface area contributed by atoms with E-state index in [2.05, 4.69) is 4.90 Å². The molecule has 2 heterocycles. The van der Waals surface area contributed by atoms with Gasteiger partial charge < -0.3 is 14.4 Å². The van der Waals surface area contributed by atoms with Gasteiger partial charge in [-0.1, -0.05) is 19.3 Å². The Bertz CT molecular complexity index is 247. The lowest BCUT2D eigenvalue weighted by atomic mass is 9.88. The van der Waals surface area contributed by atoms with E-state index in [0.29, 0.717) is 5.92 Å². The SMILES string of the molecule is C1CCC(CN2CCCC(C3OCCO3)C2)CC1. The van der Waals surface area contributed by atoms with Crippen molar-refractivity contribution in [3.63, 3.8) is 0 Å². The molecule has 3 nitrogen and oxygen atoms in total. The van der Waals surface area contributed by atoms with Crippen LogP contribution in [0.1, 0.15) is 44.9 Å². The summed E-state index contributed by atoms with van der Waals surface area (Å²) < 4.78 is 11.4. The fraction of sp³-hybridized carbons (Fsp3) is 1.00. The average Bonchev–Trinajstić information content (AvgIpc) is 2.94. The van der Waals surface area contributed by atoms with E-state index in [4.69, 9.17) is 9.47 Å². The molecule has 0 aromatic heterocycles. The van der Waals surface area contributed by atoms with Gasteiger partial charge in [-0.15, -0.1) is 0 Å². The molecular formula is C15H27NO2. The van der Waals surface area contributed by atoms with Gasteiger partial charge in [0.25, 0.3) is 0 Å². The second kappa shape index (κ2) is 6.36. The van der Waals surface area contributed by atoms with Crippen LogP contribution >= 0.6 is 0 Å². The summed E-state index contributed by atoms with van der Waals surface area (Å²) in [5, 5.41) is 0. The van der Waals surface area contributed by atoms with Crippen molar-refractivity contribution in [2.24, 2.45) is 11.8 Å². The predicted molar refractivity (Wildman–Crippen MR) is 71.4 cm³/mol. The van der Waals surface area contributed by atoms with Crippen LogP contribution in [0.2, 0.25) is 0 Å². The Labute approximate surface area is 111 Å². The number of piperidine rings is 1. The highest BCUT2D eigenvalue weighted by Crippen LogP contribution is 2.28. The minimum Gasteiger partial charge on any atom is -0.350 e. The number of rotatable bonds is 3. The highest BCUT2D eigenvalue weighted by atomic mass is 16.7. The Kier molecular flexibility index (Phi) is 4.55. The maximum atomic E-state index is 5.68. The molecule has 1 aliphatic carbocycles. The summed E-state index contributed by atoms with van der Waals surface area (Å²) in [7, 11) is 0. The first-order valence-corrected chi connectivity index (χ1v) is 7.87. The molecule has 0 amide bonds. The van der Waals surface area contributed by atoms with Gasteiger partial charge in [-0.2, -0.15) is 0 Å². The third-order valence-electron chi connectivity index (χ3n) is 4.82. The fourth-order valence-electron chi connectivity index (χ4n) is 3.86. The van der Waals surface area contributed by atoms with Gasteiger partial charge in [-0.3, -0.25) is 0 Å². The van der Waals surface area contributed by atoms with E-state index in [0.717, 1.165) is 19.1 Å². The Morgan fingerprint density at radius 2 is 1.67 bits per heavy atom. The summed E-state index contributed by atoms with van der Waals surface area (Å²) >= 11 is 0. The van der Waals surface area contributed by atoms with E-state index >= 15 is 0 Å². The molecule has 0 aromatic carbocycles. The van der Waals surface area contributed by atoms with Crippen molar-refractivity contribution in [3.05, 3.63) is 0 Å². The molecule has 1 atom stereocenters. The molecule has 0 bridgehead atoms. The van der Waals surface area contributed by atoms with Crippen LogP contribution in [0.25, 0.3) is 0 Å². The maximum Gasteiger partial charge on any atom is 0.161 e. The zero-order chi connectivity index (χ0) is 12.2. The molecule has 0 spiro atoms. The largest absolute Gasteiger partial charge is 0.350 e. The molecule has 2 saturated heterocycles. The minimum atomic E-state index is 0.0964. The van der Waals surface area contributed by atoms with Crippen molar-refractivity contribution in [2.75, 3.05) is 32.8 Å². The zero-order valence-electron chi connectivity index (χ0n) is 11.5. The quantitative estimate of drug-likeness (QED) is 0.772. The molecule has 1 unspecified atom stereocenters. The summed E-state index contributed by atoms with van der Waals surface area (Å²) in [6.45, 7) is 5.40. The van der Waals surface area contributed by atoms with Gasteiger partial charge >= 0.3 is 0 Å². The lowest BCUT2D eigenvalue weighted by Crippen LogP contribution is -2.43. The predicted octanol–water partition coefficient (Wildman–Crippen LogP) is 2.65. The van der Waals surface area contributed by atoms with E-state index in [-0.39, 0.29) is 6.29 Å². The standard InChI is InChI=1S/C15H27NO2/c1-2-5-13(6-3-1)11-16-8-4-7-14(12-16)15-17-9-10-18-15/h13-15H,1-12H2. The average molecular weight is 253 g/mol. The van der Waals surface area contributed by atoms with Crippen LogP contribution in [0.5, 0.6) is 0 Å². The molecule has 0 N–H and O–H groups in total. The topological polar surface area (TPSA) is 21.7 Å². The number of hydrogen-bond acceptors (Lipinski definition) is 3. The molecule has 3 rings (SSSR count). The molecular weight excluding hydrogens is 226 g/mol. The smallest absolute Gasteiger partial charge is 0.161 e. The van der Waals surface area contributed by atoms with Crippen LogP contribution in [-0.2, 0) is 9.47 Å². The van der Waals surface area contributed by atoms with Gasteiger partial charge in [0, 0.05) is 19.0 Å². The van der Waals surface area contributed by atoms with Crippen molar-refractivity contribution in [1.82, 2.24) is 4.90 Å². The molecule has 2 aliphatic heterocycles. The van der Waals surface area contributed by atoms with Crippen molar-refractivity contribution < 1.29 is 9.47 Å². The maximum absolute atomic E-state index is 5.68. The summed E-state index contributed by atoms with van der Waals surface area (Å²) in [5.41, 5.74) is 0. The van der Waals surface area contributed by atoms with Crippen LogP contribution in [0.15, 0.2) is 0 Å². The fourth-order valence-corrected chi connectivity index (χ4v) is 3.86. The van der Waals surface area contributed by atoms with Gasteiger partial charge in [-0.25, -0.2) is 0 Å². The Balaban J connectivity index is 1.47. The minimum absolute atomic E-state index is 0.0964. The first kappa shape index (κ1) is 12.9. The normalized spacial score (nSPS) is 33.0. The van der Waals surface area contributed by atoms with Gasteiger partial charge in [0.05, 0.1) is 13.2 Å². The van der Waals surface area contributed by atoms with E-state index in [1.54, 1.807) is 0 Å². The molecule has 3 aliphatic rings. The van der Waals surface area contributed by atoms with Gasteiger partial charge in [-0.05, 0) is 38.1 Å². The summed E-state index contributed by atoms with van der Waals surface area (Å²) in [6, 6.07) is 0. The lowest BCUT2D eigenvalue weighted by Gasteiger charge is -2.37. The van der Waals surface area contributed by atoms with Crippen LogP contribution in [0, 0.1) is 11.8 Å². The highest BCUT2D eigenvalue weighted by Gasteiger charge is 2.31. The van der Waals surface area contributed by atoms with E-state index in [1.165, 1.54) is 64.6 Å². The number of likely N-dealkylation sites (tertiary alicyclic amines) is 1. The molecule has 18 heavy (non-hydrogen) atoms. The summed E-state index contributed by atoms with van der Waals surface area (Å²) in [5.74, 6) is 1.58. The Morgan fingerprint density at radius 3 is 2.44 bits per heavy atom. The van der Waals surface area contributed by atoms with Gasteiger partial charge in [0.2, 0.25) is 0 Å². The highest BCUT2D eigenvalue weighted by molar-refractivity contribution is 4.79. The third-order valence-corrected chi connectivity index (χ3v) is 4.82. The van der Waals surface area contributed by atoms with Crippen LogP contribution in [0.3, 0.4) is 0 Å². The molecule has 0 aromatic rings. The Morgan fingerprint density at radius 1 is 0.889 bits per heavy atom. The first-order valence-electron chi connectivity index (χ1n) is 7.87. The summed E-state index contributed by atoms with van der Waals surface area (Å²) in [6.07, 6.45) is 9.98. The number of hydrogen-bond donors (Lipinski definition) is 0. The molecule has 3 heteroatoms. The molecule has 1 saturated carbocycles. The second-order valence-electron chi connectivity index (χ2n) is 6.28. The van der Waals surface area contributed by atoms with Crippen molar-refractivity contribution >= 4 is 0 Å². The van der Waals surface area contributed by atoms with Crippen molar-refractivity contribution in [2.45, 2.75) is 51.2 Å². The van der Waals surface area contributed by atoms with Gasteiger partial charge in [0.15, 0.2) is 6.29 Å². The monoisotopic (exact) mass is 253 g/mol. The van der Waals surface area contributed by atoms with E-state index < -0.39 is 0 Å². The number of ether oxygens (including phenoxy) is 2. The Hall–Kier alpha value is -0.120. The van der Waals surface area contributed by atoms with Crippen LogP contribution < -0.4 is 0 Å². The van der Waals surface area contributed by atoms with E-state index in [9.17, 15) is 0 Å². The van der Waals surface area contributed by atoms with Crippen molar-refractivity contribution in [3.8, 4) is 0 Å². The van der Waals surface area contributed by atoms with Crippen LogP contribution in [-0.4, -0.2) is 44.0 Å². The van der Waals surface area contributed by atoms with Crippen LogP contribution in [0.4, 0.5) is 0 Å². The third kappa shape index (κ3) is 3.25.